The highest BCUT2D eigenvalue weighted by Crippen LogP contribution is 2.35. The molecule has 0 spiro atoms. The summed E-state index contributed by atoms with van der Waals surface area (Å²) in [7, 11) is 0. The van der Waals surface area contributed by atoms with E-state index >= 15 is 0 Å². The summed E-state index contributed by atoms with van der Waals surface area (Å²) in [5.74, 6) is 2.29. The van der Waals surface area contributed by atoms with E-state index in [-0.39, 0.29) is 6.03 Å². The minimum Gasteiger partial charge on any atom is -0.477 e. The molecule has 2 amide bonds. The largest absolute Gasteiger partial charge is 0.477 e. The molecule has 1 aromatic heterocycles. The molecule has 1 aromatic carbocycles. The minimum atomic E-state index is -0.219. The van der Waals surface area contributed by atoms with Crippen molar-refractivity contribution >= 4 is 17.5 Å². The number of hydrogen-bond donors (Lipinski definition) is 2. The Morgan fingerprint density at radius 3 is 2.80 bits per heavy atom. The van der Waals surface area contributed by atoms with E-state index in [0.717, 1.165) is 48.4 Å². The number of hydrogen-bond acceptors (Lipinski definition) is 6. The second kappa shape index (κ2) is 9.30. The van der Waals surface area contributed by atoms with Gasteiger partial charge < -0.3 is 25.0 Å². The highest BCUT2D eigenvalue weighted by atomic mass is 16.5. The van der Waals surface area contributed by atoms with E-state index in [4.69, 9.17) is 19.4 Å². The number of ether oxygens (including phenoxy) is 2. The van der Waals surface area contributed by atoms with Crippen molar-refractivity contribution in [3.8, 4) is 17.3 Å². The highest BCUT2D eigenvalue weighted by molar-refractivity contribution is 5.89. The average Bonchev–Trinajstić information content (AvgIpc) is 2.79. The van der Waals surface area contributed by atoms with Crippen molar-refractivity contribution < 1.29 is 14.3 Å². The smallest absolute Gasteiger partial charge is 0.319 e. The third-order valence-corrected chi connectivity index (χ3v) is 5.47. The van der Waals surface area contributed by atoms with Gasteiger partial charge in [0, 0.05) is 24.3 Å². The molecule has 2 aromatic rings. The van der Waals surface area contributed by atoms with Gasteiger partial charge in [0.05, 0.1) is 31.4 Å². The van der Waals surface area contributed by atoms with E-state index in [0.29, 0.717) is 44.1 Å². The van der Waals surface area contributed by atoms with E-state index in [2.05, 4.69) is 22.5 Å². The molecule has 1 unspecified atom stereocenters. The van der Waals surface area contributed by atoms with Gasteiger partial charge in [0.15, 0.2) is 5.82 Å². The fourth-order valence-electron chi connectivity index (χ4n) is 3.89. The number of carbonyl (C=O) groups is 1. The third kappa shape index (κ3) is 4.33. The summed E-state index contributed by atoms with van der Waals surface area (Å²) in [4.78, 5) is 23.8. The Bertz CT molecular complexity index is 887. The zero-order valence-electron chi connectivity index (χ0n) is 17.6. The lowest BCUT2D eigenvalue weighted by atomic mass is 10.1. The molecule has 0 saturated carbocycles. The molecule has 1 atom stereocenters. The summed E-state index contributed by atoms with van der Waals surface area (Å²) in [5, 5.41) is 5.53. The van der Waals surface area contributed by atoms with Crippen LogP contribution in [0.2, 0.25) is 0 Å². The van der Waals surface area contributed by atoms with E-state index in [1.165, 1.54) is 0 Å². The molecule has 2 aliphatic heterocycles. The van der Waals surface area contributed by atoms with Crippen LogP contribution in [0.25, 0.3) is 11.4 Å². The Balaban J connectivity index is 1.66. The Morgan fingerprint density at radius 2 is 2.03 bits per heavy atom. The summed E-state index contributed by atoms with van der Waals surface area (Å²) in [5.41, 5.74) is 2.70. The number of benzene rings is 1. The normalized spacial score (nSPS) is 18.3. The number of fused-ring (bicyclic) bond motifs is 1. The molecule has 1 saturated heterocycles. The summed E-state index contributed by atoms with van der Waals surface area (Å²) < 4.78 is 11.6. The molecule has 2 aliphatic rings. The molecule has 8 heteroatoms. The lowest BCUT2D eigenvalue weighted by Crippen LogP contribution is -2.46. The molecule has 1 fully saturated rings. The number of urea groups is 1. The van der Waals surface area contributed by atoms with Gasteiger partial charge in [-0.25, -0.2) is 9.78 Å². The van der Waals surface area contributed by atoms with Crippen LogP contribution in [-0.2, 0) is 11.2 Å². The van der Waals surface area contributed by atoms with Gasteiger partial charge in [-0.05, 0) is 50.5 Å². The topological polar surface area (TPSA) is 88.6 Å². The molecular formula is C22H29N5O3. The second-order valence-corrected chi connectivity index (χ2v) is 7.50. The zero-order chi connectivity index (χ0) is 20.9. The molecule has 0 aliphatic carbocycles. The van der Waals surface area contributed by atoms with E-state index in [1.807, 2.05) is 31.2 Å². The van der Waals surface area contributed by atoms with Crippen LogP contribution in [0, 0.1) is 0 Å². The molecule has 2 N–H and O–H groups in total. The predicted octanol–water partition coefficient (Wildman–Crippen LogP) is 3.23. The molecule has 30 heavy (non-hydrogen) atoms. The van der Waals surface area contributed by atoms with Gasteiger partial charge in [-0.3, -0.25) is 0 Å². The van der Waals surface area contributed by atoms with Gasteiger partial charge in [0.1, 0.15) is 5.82 Å². The van der Waals surface area contributed by atoms with Gasteiger partial charge in [-0.15, -0.1) is 0 Å². The average molecular weight is 412 g/mol. The van der Waals surface area contributed by atoms with Crippen LogP contribution >= 0.6 is 0 Å². The molecule has 3 heterocycles. The number of nitrogens with one attached hydrogen (secondary N) is 2. The third-order valence-electron chi connectivity index (χ3n) is 5.47. The lowest BCUT2D eigenvalue weighted by Gasteiger charge is -2.37. The van der Waals surface area contributed by atoms with Crippen LogP contribution in [-0.4, -0.2) is 55.0 Å². The van der Waals surface area contributed by atoms with Gasteiger partial charge in [-0.2, -0.15) is 4.98 Å². The van der Waals surface area contributed by atoms with E-state index < -0.39 is 0 Å². The fourth-order valence-corrected chi connectivity index (χ4v) is 3.89. The van der Waals surface area contributed by atoms with Crippen LogP contribution in [0.3, 0.4) is 0 Å². The summed E-state index contributed by atoms with van der Waals surface area (Å²) in [6, 6.07) is 7.65. The maximum Gasteiger partial charge on any atom is 0.319 e. The molecule has 0 bridgehead atoms. The van der Waals surface area contributed by atoms with E-state index in [1.54, 1.807) is 0 Å². The van der Waals surface area contributed by atoms with Crippen molar-refractivity contribution in [1.82, 2.24) is 15.3 Å². The van der Waals surface area contributed by atoms with Crippen LogP contribution in [0.1, 0.15) is 32.3 Å². The number of amides is 2. The van der Waals surface area contributed by atoms with Crippen molar-refractivity contribution in [2.45, 2.75) is 39.2 Å². The van der Waals surface area contributed by atoms with Gasteiger partial charge in [0.25, 0.3) is 0 Å². The fraction of sp³-hybridized carbons (Fsp3) is 0.500. The molecule has 160 valence electrons. The first-order valence-corrected chi connectivity index (χ1v) is 10.7. The first kappa shape index (κ1) is 20.4. The van der Waals surface area contributed by atoms with Crippen LogP contribution < -0.4 is 20.3 Å². The lowest BCUT2D eigenvalue weighted by molar-refractivity contribution is 0.0923. The van der Waals surface area contributed by atoms with Gasteiger partial charge in [0.2, 0.25) is 5.88 Å². The summed E-state index contributed by atoms with van der Waals surface area (Å²) >= 11 is 0. The zero-order valence-corrected chi connectivity index (χ0v) is 17.6. The van der Waals surface area contributed by atoms with Crippen molar-refractivity contribution in [1.29, 1.82) is 0 Å². The van der Waals surface area contributed by atoms with E-state index in [9.17, 15) is 4.79 Å². The standard InChI is InChI=1S/C22H29N5O3/c1-3-17-14-29-13-11-27(17)20-18-6-5-12-30-21(18)26-19(25-20)15-7-9-16(10-8-15)24-22(28)23-4-2/h7-10,17H,3-6,11-14H2,1-2H3,(H2,23,24,28). The predicted molar refractivity (Wildman–Crippen MR) is 116 cm³/mol. The van der Waals surface area contributed by atoms with Crippen LogP contribution in [0.15, 0.2) is 24.3 Å². The van der Waals surface area contributed by atoms with Crippen molar-refractivity contribution in [3.63, 3.8) is 0 Å². The first-order chi connectivity index (χ1) is 14.7. The second-order valence-electron chi connectivity index (χ2n) is 7.50. The number of rotatable bonds is 5. The van der Waals surface area contributed by atoms with Crippen molar-refractivity contribution in [2.24, 2.45) is 0 Å². The van der Waals surface area contributed by atoms with Crippen molar-refractivity contribution in [3.05, 3.63) is 29.8 Å². The SMILES string of the molecule is CCNC(=O)Nc1ccc(-c2nc3c(c(N4CCOCC4CC)n2)CCCO3)cc1. The minimum absolute atomic E-state index is 0.219. The van der Waals surface area contributed by atoms with Crippen molar-refractivity contribution in [2.75, 3.05) is 43.1 Å². The number of carbonyl (C=O) groups excluding carboxylic acids is 1. The van der Waals surface area contributed by atoms with Gasteiger partial charge in [-0.1, -0.05) is 6.92 Å². The quantitative estimate of drug-likeness (QED) is 0.785. The Kier molecular flexibility index (Phi) is 6.32. The highest BCUT2D eigenvalue weighted by Gasteiger charge is 2.29. The number of anilines is 2. The molecule has 0 radical (unpaired) electrons. The number of aromatic nitrogens is 2. The number of nitrogens with zero attached hydrogens (tertiary/aromatic N) is 3. The number of morpholine rings is 1. The monoisotopic (exact) mass is 411 g/mol. The summed E-state index contributed by atoms with van der Waals surface area (Å²) in [6.07, 6.45) is 2.90. The molecular weight excluding hydrogens is 382 g/mol. The first-order valence-electron chi connectivity index (χ1n) is 10.7. The molecule has 4 rings (SSSR count). The Hall–Kier alpha value is -2.87. The Labute approximate surface area is 177 Å². The molecule has 8 nitrogen and oxygen atoms in total. The maximum absolute atomic E-state index is 11.7. The van der Waals surface area contributed by atoms with Crippen LogP contribution in [0.4, 0.5) is 16.3 Å². The Morgan fingerprint density at radius 1 is 1.20 bits per heavy atom. The maximum atomic E-state index is 11.7. The summed E-state index contributed by atoms with van der Waals surface area (Å²) in [6.45, 7) is 7.55. The van der Waals surface area contributed by atoms with Gasteiger partial charge >= 0.3 is 6.03 Å². The van der Waals surface area contributed by atoms with Crippen LogP contribution in [0.5, 0.6) is 5.88 Å².